The SMILES string of the molecule is O=C(C[C@H]1C(=O)Nc2nc(-c3ccc(Cl)cc3)nn21)Nc1ccc2c(c1)OCCO2. The van der Waals surface area contributed by atoms with E-state index in [-0.39, 0.29) is 18.2 Å². The number of fused-ring (bicyclic) bond motifs is 2. The topological polar surface area (TPSA) is 107 Å². The van der Waals surface area contributed by atoms with Crippen LogP contribution in [-0.2, 0) is 9.59 Å². The molecule has 30 heavy (non-hydrogen) atoms. The van der Waals surface area contributed by atoms with E-state index in [1.807, 2.05) is 0 Å². The molecule has 5 rings (SSSR count). The number of nitrogens with zero attached hydrogens (tertiary/aromatic N) is 3. The van der Waals surface area contributed by atoms with Crippen LogP contribution in [0.15, 0.2) is 42.5 Å². The fraction of sp³-hybridized carbons (Fsp3) is 0.200. The highest BCUT2D eigenvalue weighted by Crippen LogP contribution is 2.33. The van der Waals surface area contributed by atoms with E-state index >= 15 is 0 Å². The summed E-state index contributed by atoms with van der Waals surface area (Å²) in [6.07, 6.45) is -0.0866. The van der Waals surface area contributed by atoms with Crippen molar-refractivity contribution in [3.63, 3.8) is 0 Å². The summed E-state index contributed by atoms with van der Waals surface area (Å²) in [6.45, 7) is 0.950. The number of carbonyl (C=O) groups excluding carboxylic acids is 2. The van der Waals surface area contributed by atoms with E-state index in [1.54, 1.807) is 42.5 Å². The second-order valence-electron chi connectivity index (χ2n) is 6.83. The Morgan fingerprint density at radius 3 is 2.73 bits per heavy atom. The van der Waals surface area contributed by atoms with Crippen LogP contribution < -0.4 is 20.1 Å². The van der Waals surface area contributed by atoms with Crippen molar-refractivity contribution >= 4 is 35.1 Å². The molecule has 2 aliphatic rings. The number of hydrogen-bond acceptors (Lipinski definition) is 6. The molecule has 0 spiro atoms. The van der Waals surface area contributed by atoms with Crippen LogP contribution in [-0.4, -0.2) is 39.8 Å². The quantitative estimate of drug-likeness (QED) is 0.665. The zero-order valence-electron chi connectivity index (χ0n) is 15.6. The van der Waals surface area contributed by atoms with E-state index in [0.29, 0.717) is 47.2 Å². The summed E-state index contributed by atoms with van der Waals surface area (Å²) in [5, 5.41) is 10.5. The Morgan fingerprint density at radius 2 is 1.93 bits per heavy atom. The molecule has 2 N–H and O–H groups in total. The molecule has 3 heterocycles. The minimum absolute atomic E-state index is 0.0866. The molecule has 2 amide bonds. The monoisotopic (exact) mass is 425 g/mol. The van der Waals surface area contributed by atoms with Gasteiger partial charge in [-0.05, 0) is 36.4 Å². The lowest BCUT2D eigenvalue weighted by Crippen LogP contribution is -2.24. The number of aromatic nitrogens is 3. The maximum absolute atomic E-state index is 12.6. The summed E-state index contributed by atoms with van der Waals surface area (Å²) < 4.78 is 12.4. The highest BCUT2D eigenvalue weighted by atomic mass is 35.5. The molecule has 2 aliphatic heterocycles. The fourth-order valence-electron chi connectivity index (χ4n) is 3.34. The Morgan fingerprint density at radius 1 is 1.17 bits per heavy atom. The van der Waals surface area contributed by atoms with Crippen LogP contribution in [0, 0.1) is 0 Å². The lowest BCUT2D eigenvalue weighted by molar-refractivity contribution is -0.123. The lowest BCUT2D eigenvalue weighted by Gasteiger charge is -2.19. The van der Waals surface area contributed by atoms with Gasteiger partial charge in [0.05, 0.1) is 6.42 Å². The summed E-state index contributed by atoms with van der Waals surface area (Å²) in [7, 11) is 0. The Bertz CT molecular complexity index is 1140. The summed E-state index contributed by atoms with van der Waals surface area (Å²) in [4.78, 5) is 29.2. The van der Waals surface area contributed by atoms with Crippen LogP contribution in [0.25, 0.3) is 11.4 Å². The Hall–Kier alpha value is -3.59. The highest BCUT2D eigenvalue weighted by Gasteiger charge is 2.35. The number of halogens is 1. The smallest absolute Gasteiger partial charge is 0.252 e. The zero-order chi connectivity index (χ0) is 20.7. The van der Waals surface area contributed by atoms with Gasteiger partial charge in [0.15, 0.2) is 17.3 Å². The van der Waals surface area contributed by atoms with E-state index in [1.165, 1.54) is 4.68 Å². The zero-order valence-corrected chi connectivity index (χ0v) is 16.3. The summed E-state index contributed by atoms with van der Waals surface area (Å²) >= 11 is 5.92. The van der Waals surface area contributed by atoms with Gasteiger partial charge in [-0.3, -0.25) is 14.9 Å². The van der Waals surface area contributed by atoms with Gasteiger partial charge >= 0.3 is 0 Å². The number of nitrogens with one attached hydrogen (secondary N) is 2. The van der Waals surface area contributed by atoms with E-state index < -0.39 is 6.04 Å². The van der Waals surface area contributed by atoms with Crippen molar-refractivity contribution < 1.29 is 19.1 Å². The van der Waals surface area contributed by atoms with Crippen molar-refractivity contribution in [1.82, 2.24) is 14.8 Å². The molecule has 1 atom stereocenters. The molecule has 3 aromatic rings. The standard InChI is InChI=1S/C20H16ClN5O4/c21-12-3-1-11(2-4-12)18-23-20-24-19(28)14(26(20)25-18)10-17(27)22-13-5-6-15-16(9-13)30-8-7-29-15/h1-6,9,14H,7-8,10H2,(H,22,27)(H,23,24,25,28)/t14-/m0/s1. The molecule has 2 aromatic carbocycles. The molecule has 0 aliphatic carbocycles. The minimum Gasteiger partial charge on any atom is -0.486 e. The first-order chi connectivity index (χ1) is 14.6. The third kappa shape index (κ3) is 3.43. The third-order valence-corrected chi connectivity index (χ3v) is 5.02. The molecule has 1 aromatic heterocycles. The molecule has 0 unspecified atom stereocenters. The number of anilines is 2. The first-order valence-corrected chi connectivity index (χ1v) is 9.67. The van der Waals surface area contributed by atoms with Crippen molar-refractivity contribution in [2.75, 3.05) is 23.8 Å². The number of ether oxygens (including phenoxy) is 2. The number of rotatable bonds is 4. The van der Waals surface area contributed by atoms with Crippen LogP contribution in [0.4, 0.5) is 11.6 Å². The maximum atomic E-state index is 12.6. The summed E-state index contributed by atoms with van der Waals surface area (Å²) in [6, 6.07) is 11.4. The molecule has 152 valence electrons. The van der Waals surface area contributed by atoms with Crippen LogP contribution in [0.2, 0.25) is 5.02 Å². The first-order valence-electron chi connectivity index (χ1n) is 9.30. The molecule has 0 saturated heterocycles. The van der Waals surface area contributed by atoms with Gasteiger partial charge in [0.1, 0.15) is 19.3 Å². The molecule has 0 radical (unpaired) electrons. The second-order valence-corrected chi connectivity index (χ2v) is 7.26. The normalized spacial score (nSPS) is 16.7. The third-order valence-electron chi connectivity index (χ3n) is 4.77. The Kier molecular flexibility index (Phi) is 4.51. The average Bonchev–Trinajstić information content (AvgIpc) is 3.27. The van der Waals surface area contributed by atoms with Crippen molar-refractivity contribution in [3.05, 3.63) is 47.5 Å². The van der Waals surface area contributed by atoms with Gasteiger partial charge in [-0.15, -0.1) is 5.10 Å². The van der Waals surface area contributed by atoms with Crippen LogP contribution in [0.1, 0.15) is 12.5 Å². The number of amides is 2. The van der Waals surface area contributed by atoms with Gasteiger partial charge in [-0.2, -0.15) is 4.98 Å². The van der Waals surface area contributed by atoms with E-state index in [9.17, 15) is 9.59 Å². The highest BCUT2D eigenvalue weighted by molar-refractivity contribution is 6.30. The molecule has 9 nitrogen and oxygen atoms in total. The minimum atomic E-state index is -0.786. The van der Waals surface area contributed by atoms with E-state index in [0.717, 1.165) is 5.56 Å². The van der Waals surface area contributed by atoms with Crippen LogP contribution in [0.3, 0.4) is 0 Å². The van der Waals surface area contributed by atoms with Gasteiger partial charge in [0, 0.05) is 22.3 Å². The molecular formula is C20H16ClN5O4. The van der Waals surface area contributed by atoms with Gasteiger partial charge in [-0.25, -0.2) is 4.68 Å². The second kappa shape index (κ2) is 7.34. The van der Waals surface area contributed by atoms with Gasteiger partial charge < -0.3 is 14.8 Å². The molecular weight excluding hydrogens is 410 g/mol. The van der Waals surface area contributed by atoms with Crippen LogP contribution in [0.5, 0.6) is 11.5 Å². The van der Waals surface area contributed by atoms with Gasteiger partial charge in [0.25, 0.3) is 5.91 Å². The van der Waals surface area contributed by atoms with Gasteiger partial charge in [-0.1, -0.05) is 11.6 Å². The fourth-order valence-corrected chi connectivity index (χ4v) is 3.47. The Balaban J connectivity index is 1.31. The molecule has 0 fully saturated rings. The van der Waals surface area contributed by atoms with Crippen molar-refractivity contribution in [2.24, 2.45) is 0 Å². The maximum Gasteiger partial charge on any atom is 0.252 e. The van der Waals surface area contributed by atoms with Crippen molar-refractivity contribution in [1.29, 1.82) is 0 Å². The molecule has 10 heteroatoms. The largest absolute Gasteiger partial charge is 0.486 e. The summed E-state index contributed by atoms with van der Waals surface area (Å²) in [5.41, 5.74) is 1.32. The predicted octanol–water partition coefficient (Wildman–Crippen LogP) is 2.89. The number of carbonyl (C=O) groups is 2. The Labute approximate surface area is 176 Å². The van der Waals surface area contributed by atoms with E-state index in [4.69, 9.17) is 21.1 Å². The van der Waals surface area contributed by atoms with E-state index in [2.05, 4.69) is 20.7 Å². The predicted molar refractivity (Wildman–Crippen MR) is 109 cm³/mol. The number of benzene rings is 2. The molecule has 0 bridgehead atoms. The summed E-state index contributed by atoms with van der Waals surface area (Å²) in [5.74, 6) is 1.30. The van der Waals surface area contributed by atoms with Crippen molar-refractivity contribution in [3.8, 4) is 22.9 Å². The molecule has 0 saturated carbocycles. The number of hydrogen-bond donors (Lipinski definition) is 2. The van der Waals surface area contributed by atoms with Gasteiger partial charge in [0.2, 0.25) is 11.9 Å². The van der Waals surface area contributed by atoms with Crippen LogP contribution >= 0.6 is 11.6 Å². The lowest BCUT2D eigenvalue weighted by atomic mass is 10.2. The van der Waals surface area contributed by atoms with Crippen molar-refractivity contribution in [2.45, 2.75) is 12.5 Å². The first kappa shape index (κ1) is 18.4. The average molecular weight is 426 g/mol.